The first-order valence-electron chi connectivity index (χ1n) is 11.8. The number of alkyl halides is 6. The Hall–Kier alpha value is -4.49. The Balaban J connectivity index is 1.65. The summed E-state index contributed by atoms with van der Waals surface area (Å²) < 4.78 is 81.3. The Kier molecular flexibility index (Phi) is 7.17. The number of hydrogen-bond donors (Lipinski definition) is 0. The van der Waals surface area contributed by atoms with Gasteiger partial charge in [0.05, 0.1) is 40.1 Å². The third kappa shape index (κ3) is 5.60. The van der Waals surface area contributed by atoms with Crippen LogP contribution in [0.25, 0.3) is 22.4 Å². The zero-order valence-electron chi connectivity index (χ0n) is 20.3. The molecule has 3 nitrogen and oxygen atoms in total. The van der Waals surface area contributed by atoms with Gasteiger partial charge in [-0.25, -0.2) is 0 Å². The zero-order chi connectivity index (χ0) is 28.5. The largest absolute Gasteiger partial charge is 0.416 e. The van der Waals surface area contributed by atoms with Crippen molar-refractivity contribution >= 4 is 11.3 Å². The minimum absolute atomic E-state index is 0.122. The molecule has 0 spiro atoms. The van der Waals surface area contributed by atoms with Crippen LogP contribution in [0.15, 0.2) is 96.0 Å². The van der Waals surface area contributed by atoms with Crippen molar-refractivity contribution in [2.45, 2.75) is 18.3 Å². The van der Waals surface area contributed by atoms with Crippen LogP contribution >= 0.6 is 11.3 Å². The second kappa shape index (κ2) is 10.6. The maximum Gasteiger partial charge on any atom is 0.416 e. The standard InChI is InChI=1S/C30H17F6N3S/c31-29(32,33)23-5-1-3-19(11-23)28(20-4-2-6-24(12-20)30(34,35)36)27-13-18(7-9-38-27)26-14-22(15-37)25(16-39-26)21-8-10-40-17-21/h1-14,16-17,28H. The normalized spacial score (nSPS) is 11.9. The van der Waals surface area contributed by atoms with E-state index in [1.54, 1.807) is 24.4 Å². The molecule has 10 heteroatoms. The maximum atomic E-state index is 13.5. The molecule has 3 heterocycles. The third-order valence-corrected chi connectivity index (χ3v) is 7.01. The Morgan fingerprint density at radius 3 is 1.95 bits per heavy atom. The van der Waals surface area contributed by atoms with E-state index >= 15 is 0 Å². The summed E-state index contributed by atoms with van der Waals surface area (Å²) in [6.07, 6.45) is -6.32. The minimum atomic E-state index is -4.65. The van der Waals surface area contributed by atoms with Crippen molar-refractivity contribution in [2.75, 3.05) is 0 Å². The van der Waals surface area contributed by atoms with Crippen LogP contribution in [0.2, 0.25) is 0 Å². The first-order valence-corrected chi connectivity index (χ1v) is 12.7. The lowest BCUT2D eigenvalue weighted by Crippen LogP contribution is -2.11. The van der Waals surface area contributed by atoms with Gasteiger partial charge < -0.3 is 0 Å². The van der Waals surface area contributed by atoms with Crippen LogP contribution in [0.4, 0.5) is 26.3 Å². The topological polar surface area (TPSA) is 49.6 Å². The molecule has 0 bridgehead atoms. The van der Waals surface area contributed by atoms with Gasteiger partial charge in [-0.05, 0) is 63.8 Å². The Morgan fingerprint density at radius 1 is 0.750 bits per heavy atom. The highest BCUT2D eigenvalue weighted by atomic mass is 32.1. The van der Waals surface area contributed by atoms with E-state index < -0.39 is 29.4 Å². The number of hydrogen-bond acceptors (Lipinski definition) is 4. The summed E-state index contributed by atoms with van der Waals surface area (Å²) in [4.78, 5) is 8.83. The van der Waals surface area contributed by atoms with Gasteiger partial charge in [-0.15, -0.1) is 0 Å². The van der Waals surface area contributed by atoms with E-state index in [0.29, 0.717) is 22.4 Å². The first-order chi connectivity index (χ1) is 19.0. The van der Waals surface area contributed by atoms with Crippen molar-refractivity contribution < 1.29 is 26.3 Å². The average molecular weight is 566 g/mol. The van der Waals surface area contributed by atoms with Crippen molar-refractivity contribution in [3.05, 3.63) is 129 Å². The summed E-state index contributed by atoms with van der Waals surface area (Å²) >= 11 is 1.47. The number of halogens is 6. The molecule has 0 aliphatic rings. The van der Waals surface area contributed by atoms with E-state index in [1.165, 1.54) is 41.8 Å². The lowest BCUT2D eigenvalue weighted by atomic mass is 9.86. The fraction of sp³-hybridized carbons (Fsp3) is 0.100. The minimum Gasteiger partial charge on any atom is -0.260 e. The Bertz CT molecular complexity index is 1640. The predicted octanol–water partition coefficient (Wildman–Crippen LogP) is 8.96. The summed E-state index contributed by atoms with van der Waals surface area (Å²) in [6.45, 7) is 0. The van der Waals surface area contributed by atoms with Gasteiger partial charge >= 0.3 is 12.4 Å². The molecule has 2 aromatic carbocycles. The fourth-order valence-electron chi connectivity index (χ4n) is 4.44. The van der Waals surface area contributed by atoms with E-state index in [4.69, 9.17) is 0 Å². The van der Waals surface area contributed by atoms with E-state index in [1.807, 2.05) is 16.8 Å². The van der Waals surface area contributed by atoms with Gasteiger partial charge in [-0.2, -0.15) is 42.9 Å². The highest BCUT2D eigenvalue weighted by Crippen LogP contribution is 2.39. The molecule has 0 saturated carbocycles. The Labute approximate surface area is 229 Å². The molecular formula is C30H17F6N3S. The molecule has 5 rings (SSSR count). The van der Waals surface area contributed by atoms with Crippen LogP contribution < -0.4 is 0 Å². The molecule has 0 N–H and O–H groups in total. The highest BCUT2D eigenvalue weighted by molar-refractivity contribution is 7.08. The average Bonchev–Trinajstić information content (AvgIpc) is 3.47. The van der Waals surface area contributed by atoms with Gasteiger partial charge in [-0.1, -0.05) is 36.4 Å². The van der Waals surface area contributed by atoms with Crippen LogP contribution in [-0.2, 0) is 12.4 Å². The van der Waals surface area contributed by atoms with Crippen molar-refractivity contribution in [3.8, 4) is 28.5 Å². The second-order valence-electron chi connectivity index (χ2n) is 8.89. The lowest BCUT2D eigenvalue weighted by Gasteiger charge is -2.21. The van der Waals surface area contributed by atoms with Crippen molar-refractivity contribution in [3.63, 3.8) is 0 Å². The zero-order valence-corrected chi connectivity index (χ0v) is 21.1. The summed E-state index contributed by atoms with van der Waals surface area (Å²) in [6, 6.07) is 17.7. The molecule has 200 valence electrons. The van der Waals surface area contributed by atoms with Crippen molar-refractivity contribution in [1.82, 2.24) is 9.97 Å². The SMILES string of the molecule is N#Cc1cc(-c2ccnc(C(c3cccc(C(F)(F)F)c3)c3cccc(C(F)(F)F)c3)c2)ncc1-c1ccsc1. The van der Waals surface area contributed by atoms with Crippen LogP contribution in [0.3, 0.4) is 0 Å². The molecular weight excluding hydrogens is 548 g/mol. The number of benzene rings is 2. The smallest absolute Gasteiger partial charge is 0.260 e. The molecule has 0 aliphatic heterocycles. The number of nitriles is 1. The van der Waals surface area contributed by atoms with E-state index in [-0.39, 0.29) is 16.8 Å². The monoisotopic (exact) mass is 565 g/mol. The fourth-order valence-corrected chi connectivity index (χ4v) is 5.10. The number of rotatable bonds is 5. The molecule has 0 atom stereocenters. The van der Waals surface area contributed by atoms with E-state index in [9.17, 15) is 31.6 Å². The van der Waals surface area contributed by atoms with Crippen molar-refractivity contribution in [1.29, 1.82) is 5.26 Å². The van der Waals surface area contributed by atoms with Gasteiger partial charge in [-0.3, -0.25) is 9.97 Å². The van der Waals surface area contributed by atoms with Gasteiger partial charge in [0, 0.05) is 23.5 Å². The molecule has 0 amide bonds. The lowest BCUT2D eigenvalue weighted by molar-refractivity contribution is -0.138. The number of nitrogens with zero attached hydrogens (tertiary/aromatic N) is 3. The quantitative estimate of drug-likeness (QED) is 0.200. The molecule has 3 aromatic heterocycles. The van der Waals surface area contributed by atoms with Gasteiger partial charge in [0.2, 0.25) is 0 Å². The molecule has 0 radical (unpaired) electrons. The molecule has 0 unspecified atom stereocenters. The molecule has 0 saturated heterocycles. The van der Waals surface area contributed by atoms with E-state index in [0.717, 1.165) is 29.8 Å². The number of thiophene rings is 1. The molecule has 0 fully saturated rings. The second-order valence-corrected chi connectivity index (χ2v) is 9.67. The summed E-state index contributed by atoms with van der Waals surface area (Å²) in [7, 11) is 0. The van der Waals surface area contributed by atoms with Crippen LogP contribution in [0.5, 0.6) is 0 Å². The van der Waals surface area contributed by atoms with Crippen molar-refractivity contribution in [2.24, 2.45) is 0 Å². The highest BCUT2D eigenvalue weighted by Gasteiger charge is 2.33. The van der Waals surface area contributed by atoms with Gasteiger partial charge in [0.15, 0.2) is 0 Å². The van der Waals surface area contributed by atoms with E-state index in [2.05, 4.69) is 16.0 Å². The van der Waals surface area contributed by atoms with Crippen LogP contribution in [0, 0.1) is 11.3 Å². The van der Waals surface area contributed by atoms with Gasteiger partial charge in [0.25, 0.3) is 0 Å². The van der Waals surface area contributed by atoms with Gasteiger partial charge in [0.1, 0.15) is 0 Å². The maximum absolute atomic E-state index is 13.5. The molecule has 0 aliphatic carbocycles. The Morgan fingerprint density at radius 2 is 1.40 bits per heavy atom. The summed E-state index contributed by atoms with van der Waals surface area (Å²) in [5, 5.41) is 13.5. The molecule has 5 aromatic rings. The first kappa shape index (κ1) is 27.1. The summed E-state index contributed by atoms with van der Waals surface area (Å²) in [5.41, 5.74) is 1.37. The number of aromatic nitrogens is 2. The predicted molar refractivity (Wildman–Crippen MR) is 139 cm³/mol. The third-order valence-electron chi connectivity index (χ3n) is 6.32. The summed E-state index contributed by atoms with van der Waals surface area (Å²) in [5.74, 6) is -1.05. The number of pyridine rings is 2. The van der Waals surface area contributed by atoms with Crippen LogP contribution in [0.1, 0.15) is 39.4 Å². The van der Waals surface area contributed by atoms with Crippen LogP contribution in [-0.4, -0.2) is 9.97 Å². The molecule has 40 heavy (non-hydrogen) atoms.